The second kappa shape index (κ2) is 7.68. The van der Waals surface area contributed by atoms with Gasteiger partial charge in [-0.25, -0.2) is 4.98 Å². The van der Waals surface area contributed by atoms with Crippen LogP contribution in [0.4, 0.5) is 0 Å². The summed E-state index contributed by atoms with van der Waals surface area (Å²) < 4.78 is 3.15. The van der Waals surface area contributed by atoms with Gasteiger partial charge in [0.15, 0.2) is 5.16 Å². The molecule has 0 bridgehead atoms. The van der Waals surface area contributed by atoms with Gasteiger partial charge in [0.1, 0.15) is 0 Å². The molecule has 4 nitrogen and oxygen atoms in total. The molecule has 6 heteroatoms. The van der Waals surface area contributed by atoms with Gasteiger partial charge >= 0.3 is 0 Å². The number of hydrogen-bond donors (Lipinski definition) is 1. The number of halogens is 1. The third-order valence-corrected chi connectivity index (χ3v) is 5.03. The number of carbonyl (C=O) groups excluding carboxylic acids is 1. The van der Waals surface area contributed by atoms with Crippen LogP contribution in [0.25, 0.3) is 11.3 Å². The molecule has 0 saturated carbocycles. The van der Waals surface area contributed by atoms with Gasteiger partial charge in [0.2, 0.25) is 5.91 Å². The first-order valence-corrected chi connectivity index (χ1v) is 9.18. The zero-order chi connectivity index (χ0) is 16.9. The fraction of sp³-hybridized carbons (Fsp3) is 0.111. The van der Waals surface area contributed by atoms with Gasteiger partial charge in [-0.1, -0.05) is 70.2 Å². The lowest BCUT2D eigenvalue weighted by molar-refractivity contribution is -0.115. The summed E-state index contributed by atoms with van der Waals surface area (Å²) in [4.78, 5) is 15.6. The summed E-state index contributed by atoms with van der Waals surface area (Å²) in [5.41, 5.74) is 8.54. The van der Waals surface area contributed by atoms with Gasteiger partial charge < -0.3 is 10.3 Å². The molecule has 0 aliphatic heterocycles. The van der Waals surface area contributed by atoms with E-state index in [4.69, 9.17) is 5.73 Å². The fourth-order valence-corrected chi connectivity index (χ4v) is 3.36. The van der Waals surface area contributed by atoms with E-state index >= 15 is 0 Å². The summed E-state index contributed by atoms with van der Waals surface area (Å²) in [6.45, 7) is 0.688. The van der Waals surface area contributed by atoms with E-state index < -0.39 is 0 Å². The molecule has 3 aromatic rings. The highest BCUT2D eigenvalue weighted by Crippen LogP contribution is 2.28. The summed E-state index contributed by atoms with van der Waals surface area (Å²) in [6, 6.07) is 18.3. The molecule has 1 aromatic heterocycles. The molecule has 1 heterocycles. The van der Waals surface area contributed by atoms with Crippen LogP contribution in [0.1, 0.15) is 5.56 Å². The fourth-order valence-electron chi connectivity index (χ4n) is 2.38. The molecule has 0 aliphatic carbocycles. The van der Waals surface area contributed by atoms with Crippen LogP contribution in [0.2, 0.25) is 0 Å². The maximum atomic E-state index is 11.1. The largest absolute Gasteiger partial charge is 0.369 e. The number of thioether (sulfide) groups is 1. The maximum absolute atomic E-state index is 11.1. The van der Waals surface area contributed by atoms with E-state index in [1.807, 2.05) is 48.7 Å². The second-order valence-electron chi connectivity index (χ2n) is 5.26. The Hall–Kier alpha value is -2.05. The van der Waals surface area contributed by atoms with Crippen molar-refractivity contribution in [2.45, 2.75) is 11.7 Å². The van der Waals surface area contributed by atoms with Crippen LogP contribution in [0, 0.1) is 0 Å². The van der Waals surface area contributed by atoms with Crippen molar-refractivity contribution >= 4 is 33.6 Å². The molecule has 2 N–H and O–H groups in total. The Bertz CT molecular complexity index is 831. The van der Waals surface area contributed by atoms with Crippen LogP contribution in [-0.2, 0) is 11.3 Å². The van der Waals surface area contributed by atoms with E-state index in [0.717, 1.165) is 20.9 Å². The molecule has 0 unspecified atom stereocenters. The predicted molar refractivity (Wildman–Crippen MR) is 101 cm³/mol. The number of nitrogens with zero attached hydrogens (tertiary/aromatic N) is 2. The molecule has 24 heavy (non-hydrogen) atoms. The lowest BCUT2D eigenvalue weighted by Crippen LogP contribution is -2.14. The first-order valence-electron chi connectivity index (χ1n) is 7.40. The molecule has 122 valence electrons. The predicted octanol–water partition coefficient (Wildman–Crippen LogP) is 3.94. The molecule has 0 saturated heterocycles. The first-order chi connectivity index (χ1) is 11.6. The lowest BCUT2D eigenvalue weighted by atomic mass is 10.1. The van der Waals surface area contributed by atoms with Crippen LogP contribution in [-0.4, -0.2) is 21.2 Å². The van der Waals surface area contributed by atoms with E-state index in [1.165, 1.54) is 17.3 Å². The van der Waals surface area contributed by atoms with Crippen molar-refractivity contribution in [1.29, 1.82) is 0 Å². The Kier molecular flexibility index (Phi) is 5.37. The molecule has 2 aromatic carbocycles. The summed E-state index contributed by atoms with van der Waals surface area (Å²) in [7, 11) is 0. The maximum Gasteiger partial charge on any atom is 0.227 e. The zero-order valence-corrected chi connectivity index (χ0v) is 15.3. The summed E-state index contributed by atoms with van der Waals surface area (Å²) in [5.74, 6) is -0.134. The van der Waals surface area contributed by atoms with Crippen molar-refractivity contribution in [3.8, 4) is 11.3 Å². The Morgan fingerprint density at radius 2 is 1.83 bits per heavy atom. The number of amides is 1. The Morgan fingerprint density at radius 1 is 1.12 bits per heavy atom. The zero-order valence-electron chi connectivity index (χ0n) is 12.9. The van der Waals surface area contributed by atoms with Crippen molar-refractivity contribution in [3.05, 3.63) is 70.8 Å². The van der Waals surface area contributed by atoms with E-state index in [2.05, 4.69) is 37.6 Å². The minimum absolute atomic E-state index is 0.214. The van der Waals surface area contributed by atoms with E-state index in [1.54, 1.807) is 0 Å². The van der Waals surface area contributed by atoms with Crippen LogP contribution in [0.3, 0.4) is 0 Å². The number of aromatic nitrogens is 2. The van der Waals surface area contributed by atoms with E-state index in [-0.39, 0.29) is 11.7 Å². The average Bonchev–Trinajstić information content (AvgIpc) is 2.97. The highest BCUT2D eigenvalue weighted by Gasteiger charge is 2.13. The highest BCUT2D eigenvalue weighted by molar-refractivity contribution is 9.10. The molecule has 0 fully saturated rings. The third-order valence-electron chi connectivity index (χ3n) is 3.49. The first kappa shape index (κ1) is 16.8. The number of imidazole rings is 1. The van der Waals surface area contributed by atoms with Gasteiger partial charge in [-0.15, -0.1) is 0 Å². The van der Waals surface area contributed by atoms with Crippen molar-refractivity contribution in [1.82, 2.24) is 9.55 Å². The summed E-state index contributed by atoms with van der Waals surface area (Å²) in [5, 5.41) is 0.788. The summed E-state index contributed by atoms with van der Waals surface area (Å²) in [6.07, 6.45) is 1.84. The Morgan fingerprint density at radius 3 is 2.50 bits per heavy atom. The lowest BCUT2D eigenvalue weighted by Gasteiger charge is -2.12. The molecule has 3 rings (SSSR count). The summed E-state index contributed by atoms with van der Waals surface area (Å²) >= 11 is 4.82. The smallest absolute Gasteiger partial charge is 0.227 e. The van der Waals surface area contributed by atoms with E-state index in [9.17, 15) is 4.79 Å². The van der Waals surface area contributed by atoms with Crippen molar-refractivity contribution in [2.24, 2.45) is 5.73 Å². The van der Waals surface area contributed by atoms with Gasteiger partial charge in [0.05, 0.1) is 24.2 Å². The monoisotopic (exact) mass is 401 g/mol. The molecular weight excluding hydrogens is 386 g/mol. The van der Waals surface area contributed by atoms with Crippen molar-refractivity contribution < 1.29 is 4.79 Å². The van der Waals surface area contributed by atoms with Gasteiger partial charge in [0.25, 0.3) is 0 Å². The third kappa shape index (κ3) is 4.07. The minimum atomic E-state index is -0.348. The van der Waals surface area contributed by atoms with Gasteiger partial charge in [-0.3, -0.25) is 4.79 Å². The molecule has 0 radical (unpaired) electrons. The number of primary amides is 1. The Balaban J connectivity index is 1.98. The normalized spacial score (nSPS) is 10.7. The van der Waals surface area contributed by atoms with Crippen LogP contribution in [0.15, 0.2) is 70.4 Å². The van der Waals surface area contributed by atoms with Gasteiger partial charge in [-0.2, -0.15) is 0 Å². The van der Waals surface area contributed by atoms with Gasteiger partial charge in [0, 0.05) is 4.47 Å². The minimum Gasteiger partial charge on any atom is -0.369 e. The second-order valence-corrected chi connectivity index (χ2v) is 7.12. The topological polar surface area (TPSA) is 60.9 Å². The number of hydrogen-bond acceptors (Lipinski definition) is 3. The number of benzene rings is 2. The van der Waals surface area contributed by atoms with E-state index in [0.29, 0.717) is 6.54 Å². The van der Waals surface area contributed by atoms with Gasteiger partial charge in [-0.05, 0) is 23.3 Å². The van der Waals surface area contributed by atoms with Crippen molar-refractivity contribution in [3.63, 3.8) is 0 Å². The van der Waals surface area contributed by atoms with Crippen LogP contribution in [0.5, 0.6) is 0 Å². The highest BCUT2D eigenvalue weighted by atomic mass is 79.9. The Labute approximate surface area is 153 Å². The molecule has 0 spiro atoms. The van der Waals surface area contributed by atoms with Crippen molar-refractivity contribution in [2.75, 3.05) is 5.75 Å². The SMILES string of the molecule is NC(=O)CSc1ncc(-c2ccc(Br)cc2)n1Cc1ccccc1. The van der Waals surface area contributed by atoms with Crippen LogP contribution < -0.4 is 5.73 Å². The standard InChI is InChI=1S/C18H16BrN3OS/c19-15-8-6-14(7-9-15)16-10-21-18(24-12-17(20)23)22(16)11-13-4-2-1-3-5-13/h1-10H,11-12H2,(H2,20,23). The quantitative estimate of drug-likeness (QED) is 0.636. The van der Waals surface area contributed by atoms with Crippen LogP contribution >= 0.6 is 27.7 Å². The number of nitrogens with two attached hydrogens (primary N) is 1. The molecule has 0 aliphatic rings. The molecule has 0 atom stereocenters. The number of carbonyl (C=O) groups is 1. The average molecular weight is 402 g/mol. The molecule has 1 amide bonds. The molecular formula is C18H16BrN3OS. The number of rotatable bonds is 6.